The van der Waals surface area contributed by atoms with Crippen LogP contribution in [0.15, 0.2) is 12.3 Å². The lowest BCUT2D eigenvalue weighted by atomic mass is 9.92. The minimum atomic E-state index is 0.584. The maximum Gasteiger partial charge on any atom is 0.0258 e. The molecule has 0 aliphatic heterocycles. The van der Waals surface area contributed by atoms with Crippen molar-refractivity contribution in [3.05, 3.63) is 12.3 Å². The second-order valence-corrected chi connectivity index (χ2v) is 3.45. The van der Waals surface area contributed by atoms with Gasteiger partial charge in [0.05, 0.1) is 0 Å². The van der Waals surface area contributed by atoms with E-state index in [-0.39, 0.29) is 0 Å². The molecule has 0 spiro atoms. The zero-order chi connectivity index (χ0) is 7.56. The fourth-order valence-electron chi connectivity index (χ4n) is 0.981. The summed E-state index contributed by atoms with van der Waals surface area (Å²) in [6.07, 6.45) is 4.07. The first kappa shape index (κ1) is 7.64. The quantitative estimate of drug-likeness (QED) is 0.632. The van der Waals surface area contributed by atoms with E-state index in [0.717, 1.165) is 6.04 Å². The first-order valence-corrected chi connectivity index (χ1v) is 4.15. The summed E-state index contributed by atoms with van der Waals surface area (Å²) in [6.45, 7) is 8.31. The van der Waals surface area contributed by atoms with Crippen molar-refractivity contribution in [2.45, 2.75) is 39.2 Å². The van der Waals surface area contributed by atoms with Gasteiger partial charge in [0.15, 0.2) is 0 Å². The number of hydrogen-bond donors (Lipinski definition) is 1. The Morgan fingerprint density at radius 3 is 2.40 bits per heavy atom. The lowest BCUT2D eigenvalue weighted by molar-refractivity contribution is 0.354. The molecular weight excluding hydrogens is 122 g/mol. The molecule has 0 atom stereocenters. The number of nitrogens with one attached hydrogen (secondary N) is 1. The smallest absolute Gasteiger partial charge is 0.0258 e. The molecule has 0 radical (unpaired) electrons. The normalized spacial score (nSPS) is 18.7. The average Bonchev–Trinajstić information content (AvgIpc) is 1.77. The van der Waals surface area contributed by atoms with Gasteiger partial charge in [-0.15, -0.1) is 0 Å². The molecule has 0 aromatic heterocycles. The lowest BCUT2D eigenvalue weighted by Crippen LogP contribution is -2.35. The van der Waals surface area contributed by atoms with E-state index < -0.39 is 0 Å². The van der Waals surface area contributed by atoms with Crippen molar-refractivity contribution < 1.29 is 0 Å². The molecular formula is C9H17N. The second kappa shape index (κ2) is 3.09. The molecule has 0 unspecified atom stereocenters. The van der Waals surface area contributed by atoms with Crippen molar-refractivity contribution >= 4 is 0 Å². The summed E-state index contributed by atoms with van der Waals surface area (Å²) in [5.41, 5.74) is 1.20. The molecule has 1 fully saturated rings. The summed E-state index contributed by atoms with van der Waals surface area (Å²) in [4.78, 5) is 0. The summed E-state index contributed by atoms with van der Waals surface area (Å²) in [6, 6.07) is 0.745. The maximum absolute atomic E-state index is 3.96. The third kappa shape index (κ3) is 1.76. The average molecular weight is 139 g/mol. The van der Waals surface area contributed by atoms with E-state index in [0.29, 0.717) is 5.92 Å². The van der Waals surface area contributed by atoms with Crippen LogP contribution in [0.2, 0.25) is 0 Å². The van der Waals surface area contributed by atoms with Crippen LogP contribution in [0.4, 0.5) is 0 Å². The minimum absolute atomic E-state index is 0.584. The summed E-state index contributed by atoms with van der Waals surface area (Å²) in [7, 11) is 0. The van der Waals surface area contributed by atoms with E-state index in [1.54, 1.807) is 0 Å². The van der Waals surface area contributed by atoms with Crippen LogP contribution in [0.25, 0.3) is 0 Å². The molecule has 0 aromatic rings. The van der Waals surface area contributed by atoms with Gasteiger partial charge < -0.3 is 5.32 Å². The topological polar surface area (TPSA) is 12.0 Å². The van der Waals surface area contributed by atoms with Crippen molar-refractivity contribution in [2.75, 3.05) is 0 Å². The molecule has 1 N–H and O–H groups in total. The first-order chi connectivity index (χ1) is 4.70. The van der Waals surface area contributed by atoms with Crippen molar-refractivity contribution in [2.24, 2.45) is 5.92 Å². The molecule has 1 nitrogen and oxygen atoms in total. The molecule has 0 heterocycles. The Morgan fingerprint density at radius 2 is 2.10 bits per heavy atom. The van der Waals surface area contributed by atoms with Crippen LogP contribution in [0.3, 0.4) is 0 Å². The fraction of sp³-hybridized carbons (Fsp3) is 0.778. The van der Waals surface area contributed by atoms with Crippen molar-refractivity contribution in [3.63, 3.8) is 0 Å². The molecule has 1 heteroatoms. The Kier molecular flexibility index (Phi) is 2.36. The van der Waals surface area contributed by atoms with Crippen LogP contribution in [0.5, 0.6) is 0 Å². The number of rotatable bonds is 3. The van der Waals surface area contributed by atoms with Crippen LogP contribution < -0.4 is 5.32 Å². The summed E-state index contributed by atoms with van der Waals surface area (Å²) in [5, 5.41) is 3.42. The maximum atomic E-state index is 3.96. The van der Waals surface area contributed by atoms with Crippen LogP contribution in [0.1, 0.15) is 33.1 Å². The lowest BCUT2D eigenvalue weighted by Gasteiger charge is -2.29. The minimum Gasteiger partial charge on any atom is -0.386 e. The van der Waals surface area contributed by atoms with Crippen LogP contribution >= 0.6 is 0 Å². The van der Waals surface area contributed by atoms with Gasteiger partial charge in [0.2, 0.25) is 0 Å². The monoisotopic (exact) mass is 139 g/mol. The zero-order valence-electron chi connectivity index (χ0n) is 6.98. The number of allylic oxidation sites excluding steroid dienone is 1. The summed E-state index contributed by atoms with van der Waals surface area (Å²) >= 11 is 0. The van der Waals surface area contributed by atoms with E-state index in [1.165, 1.54) is 25.0 Å². The highest BCUT2D eigenvalue weighted by Gasteiger charge is 2.17. The Morgan fingerprint density at radius 1 is 1.50 bits per heavy atom. The Labute approximate surface area is 63.5 Å². The molecule has 0 bridgehead atoms. The Hall–Kier alpha value is -0.460. The molecule has 0 amide bonds. The first-order valence-electron chi connectivity index (χ1n) is 4.15. The third-order valence-corrected chi connectivity index (χ3v) is 2.19. The van der Waals surface area contributed by atoms with Crippen molar-refractivity contribution in [1.82, 2.24) is 5.32 Å². The largest absolute Gasteiger partial charge is 0.386 e. The molecule has 0 saturated heterocycles. The van der Waals surface area contributed by atoms with Gasteiger partial charge in [-0.3, -0.25) is 0 Å². The third-order valence-electron chi connectivity index (χ3n) is 2.19. The fourth-order valence-corrected chi connectivity index (χ4v) is 0.981. The van der Waals surface area contributed by atoms with Crippen molar-refractivity contribution in [1.29, 1.82) is 0 Å². The second-order valence-electron chi connectivity index (χ2n) is 3.45. The predicted octanol–water partition coefficient (Wildman–Crippen LogP) is 2.30. The van der Waals surface area contributed by atoms with Crippen molar-refractivity contribution in [3.8, 4) is 0 Å². The number of hydrogen-bond acceptors (Lipinski definition) is 1. The zero-order valence-corrected chi connectivity index (χ0v) is 6.98. The molecule has 0 aromatic carbocycles. The highest BCUT2D eigenvalue weighted by atomic mass is 14.9. The highest BCUT2D eigenvalue weighted by molar-refractivity contribution is 4.98. The van der Waals surface area contributed by atoms with E-state index in [9.17, 15) is 0 Å². The predicted molar refractivity (Wildman–Crippen MR) is 44.8 cm³/mol. The van der Waals surface area contributed by atoms with Crippen LogP contribution in [-0.2, 0) is 0 Å². The van der Waals surface area contributed by atoms with E-state index in [2.05, 4.69) is 25.7 Å². The van der Waals surface area contributed by atoms with Gasteiger partial charge in [0, 0.05) is 11.7 Å². The molecule has 1 aliphatic carbocycles. The van der Waals surface area contributed by atoms with Gasteiger partial charge in [-0.05, 0) is 25.2 Å². The molecule has 1 aliphatic rings. The van der Waals surface area contributed by atoms with E-state index in [1.807, 2.05) is 0 Å². The van der Waals surface area contributed by atoms with Gasteiger partial charge in [-0.2, -0.15) is 0 Å². The molecule has 10 heavy (non-hydrogen) atoms. The standard InChI is InChI=1S/C9H17N/c1-7(2)8(3)10-9-5-4-6-9/h7,9-10H,3-6H2,1-2H3. The van der Waals surface area contributed by atoms with Crippen LogP contribution in [-0.4, -0.2) is 6.04 Å². The molecule has 58 valence electrons. The van der Waals surface area contributed by atoms with Gasteiger partial charge in [-0.1, -0.05) is 20.4 Å². The SMILES string of the molecule is C=C(NC1CCC1)C(C)C. The van der Waals surface area contributed by atoms with E-state index >= 15 is 0 Å². The summed E-state index contributed by atoms with van der Waals surface area (Å²) in [5.74, 6) is 0.584. The Balaban J connectivity index is 2.17. The highest BCUT2D eigenvalue weighted by Crippen LogP contribution is 2.20. The summed E-state index contributed by atoms with van der Waals surface area (Å²) < 4.78 is 0. The van der Waals surface area contributed by atoms with Gasteiger partial charge in [0.25, 0.3) is 0 Å². The molecule has 1 rings (SSSR count). The van der Waals surface area contributed by atoms with Gasteiger partial charge in [0.1, 0.15) is 0 Å². The van der Waals surface area contributed by atoms with Gasteiger partial charge >= 0.3 is 0 Å². The Bertz CT molecular complexity index is 123. The van der Waals surface area contributed by atoms with Gasteiger partial charge in [-0.25, -0.2) is 0 Å². The van der Waals surface area contributed by atoms with Crippen LogP contribution in [0, 0.1) is 5.92 Å². The van der Waals surface area contributed by atoms with E-state index in [4.69, 9.17) is 0 Å². The molecule has 1 saturated carbocycles.